The van der Waals surface area contributed by atoms with Gasteiger partial charge in [0.15, 0.2) is 0 Å². The van der Waals surface area contributed by atoms with Crippen molar-refractivity contribution >= 4 is 11.8 Å². The van der Waals surface area contributed by atoms with Gasteiger partial charge in [-0.2, -0.15) is 16.7 Å². The van der Waals surface area contributed by atoms with Crippen LogP contribution in [0.3, 0.4) is 0 Å². The molecule has 5 heteroatoms. The molecule has 1 aliphatic rings. The van der Waals surface area contributed by atoms with Gasteiger partial charge in [-0.05, 0) is 36.6 Å². The standard InChI is InChI=1S/C15H16N2O2S/c1-9-5-2-3-6-10(9)12-14(18)16-13(17-15(12)19)11-7-4-8-20-11/h2-3,5-6,11H,4,7-8H2,1H3,(H2,16,17,18,19). The van der Waals surface area contributed by atoms with Crippen LogP contribution in [0.25, 0.3) is 11.1 Å². The van der Waals surface area contributed by atoms with E-state index in [0.29, 0.717) is 5.82 Å². The first kappa shape index (κ1) is 13.2. The molecule has 1 aromatic carbocycles. The molecule has 20 heavy (non-hydrogen) atoms. The Kier molecular flexibility index (Phi) is 3.53. The Labute approximate surface area is 121 Å². The van der Waals surface area contributed by atoms with Crippen LogP contribution < -0.4 is 5.56 Å². The van der Waals surface area contributed by atoms with E-state index >= 15 is 0 Å². The van der Waals surface area contributed by atoms with Crippen molar-refractivity contribution in [3.8, 4) is 17.0 Å². The molecule has 0 spiro atoms. The summed E-state index contributed by atoms with van der Waals surface area (Å²) < 4.78 is 0. The van der Waals surface area contributed by atoms with E-state index in [4.69, 9.17) is 0 Å². The van der Waals surface area contributed by atoms with Crippen LogP contribution in [0.4, 0.5) is 0 Å². The third kappa shape index (κ3) is 2.33. The van der Waals surface area contributed by atoms with E-state index < -0.39 is 0 Å². The largest absolute Gasteiger partial charge is 0.493 e. The number of hydrogen-bond acceptors (Lipinski definition) is 4. The predicted molar refractivity (Wildman–Crippen MR) is 81.1 cm³/mol. The van der Waals surface area contributed by atoms with Crippen LogP contribution in [-0.4, -0.2) is 20.8 Å². The van der Waals surface area contributed by atoms with Crippen LogP contribution in [-0.2, 0) is 0 Å². The second-order valence-electron chi connectivity index (χ2n) is 4.97. The van der Waals surface area contributed by atoms with Gasteiger partial charge in [-0.3, -0.25) is 4.79 Å². The predicted octanol–water partition coefficient (Wildman–Crippen LogP) is 3.02. The van der Waals surface area contributed by atoms with Gasteiger partial charge in [-0.25, -0.2) is 0 Å². The number of thioether (sulfide) groups is 1. The van der Waals surface area contributed by atoms with E-state index in [-0.39, 0.29) is 22.3 Å². The first-order chi connectivity index (χ1) is 9.66. The van der Waals surface area contributed by atoms with E-state index in [1.165, 1.54) is 0 Å². The molecule has 2 heterocycles. The minimum atomic E-state index is -0.269. The average Bonchev–Trinajstić information content (AvgIpc) is 2.94. The smallest absolute Gasteiger partial charge is 0.262 e. The quantitative estimate of drug-likeness (QED) is 0.891. The third-order valence-electron chi connectivity index (χ3n) is 3.57. The maximum atomic E-state index is 12.3. The maximum Gasteiger partial charge on any atom is 0.262 e. The molecule has 2 N–H and O–H groups in total. The number of benzene rings is 1. The Hall–Kier alpha value is -1.75. The van der Waals surface area contributed by atoms with Crippen LogP contribution in [0.5, 0.6) is 5.88 Å². The highest BCUT2D eigenvalue weighted by atomic mass is 32.2. The van der Waals surface area contributed by atoms with Gasteiger partial charge in [0.2, 0.25) is 5.88 Å². The summed E-state index contributed by atoms with van der Waals surface area (Å²) in [5.41, 5.74) is 1.66. The lowest BCUT2D eigenvalue weighted by molar-refractivity contribution is 0.449. The van der Waals surface area contributed by atoms with Gasteiger partial charge in [0, 0.05) is 0 Å². The summed E-state index contributed by atoms with van der Waals surface area (Å²) in [5, 5.41) is 10.4. The van der Waals surface area contributed by atoms with E-state index in [2.05, 4.69) is 9.97 Å². The number of aromatic hydroxyl groups is 1. The van der Waals surface area contributed by atoms with Gasteiger partial charge in [-0.15, -0.1) is 0 Å². The first-order valence-corrected chi connectivity index (χ1v) is 7.72. The monoisotopic (exact) mass is 288 g/mol. The highest BCUT2D eigenvalue weighted by molar-refractivity contribution is 7.99. The van der Waals surface area contributed by atoms with E-state index in [9.17, 15) is 9.90 Å². The van der Waals surface area contributed by atoms with Gasteiger partial charge in [0.25, 0.3) is 5.56 Å². The zero-order chi connectivity index (χ0) is 14.1. The first-order valence-electron chi connectivity index (χ1n) is 6.67. The number of H-pyrrole nitrogens is 1. The minimum absolute atomic E-state index is 0.175. The summed E-state index contributed by atoms with van der Waals surface area (Å²) in [6.07, 6.45) is 2.12. The Balaban J connectivity index is 2.10. The molecule has 2 aromatic rings. The Morgan fingerprint density at radius 1 is 1.40 bits per heavy atom. The van der Waals surface area contributed by atoms with E-state index in [0.717, 1.165) is 29.7 Å². The van der Waals surface area contributed by atoms with Crippen molar-refractivity contribution in [2.24, 2.45) is 0 Å². The fraction of sp³-hybridized carbons (Fsp3) is 0.333. The van der Waals surface area contributed by atoms with Gasteiger partial charge in [0.05, 0.1) is 5.25 Å². The van der Waals surface area contributed by atoms with Gasteiger partial charge >= 0.3 is 0 Å². The van der Waals surface area contributed by atoms with Crippen LogP contribution in [0.15, 0.2) is 29.1 Å². The highest BCUT2D eigenvalue weighted by Crippen LogP contribution is 2.38. The molecule has 0 radical (unpaired) electrons. The number of aromatic amines is 1. The molecule has 104 valence electrons. The number of aryl methyl sites for hydroxylation is 1. The van der Waals surface area contributed by atoms with Crippen molar-refractivity contribution in [1.29, 1.82) is 0 Å². The molecular weight excluding hydrogens is 272 g/mol. The van der Waals surface area contributed by atoms with Crippen molar-refractivity contribution < 1.29 is 5.11 Å². The number of rotatable bonds is 2. The summed E-state index contributed by atoms with van der Waals surface area (Å²) in [6, 6.07) is 7.49. The number of nitrogens with one attached hydrogen (secondary N) is 1. The second-order valence-corrected chi connectivity index (χ2v) is 6.28. The lowest BCUT2D eigenvalue weighted by Gasteiger charge is -2.11. The third-order valence-corrected chi connectivity index (χ3v) is 4.95. The van der Waals surface area contributed by atoms with Crippen molar-refractivity contribution in [3.05, 3.63) is 46.0 Å². The van der Waals surface area contributed by atoms with Crippen LogP contribution in [0.2, 0.25) is 0 Å². The van der Waals surface area contributed by atoms with Gasteiger partial charge in [0.1, 0.15) is 11.4 Å². The maximum absolute atomic E-state index is 12.3. The van der Waals surface area contributed by atoms with Crippen molar-refractivity contribution in [3.63, 3.8) is 0 Å². The summed E-state index contributed by atoms with van der Waals surface area (Å²) >= 11 is 1.77. The zero-order valence-electron chi connectivity index (χ0n) is 11.2. The summed E-state index contributed by atoms with van der Waals surface area (Å²) in [5.74, 6) is 1.49. The van der Waals surface area contributed by atoms with Crippen LogP contribution in [0.1, 0.15) is 29.5 Å². The molecular formula is C15H16N2O2S. The molecule has 0 bridgehead atoms. The van der Waals surface area contributed by atoms with Crippen molar-refractivity contribution in [2.45, 2.75) is 25.0 Å². The topological polar surface area (TPSA) is 66.0 Å². The molecule has 4 nitrogen and oxygen atoms in total. The van der Waals surface area contributed by atoms with Crippen molar-refractivity contribution in [1.82, 2.24) is 9.97 Å². The van der Waals surface area contributed by atoms with E-state index in [1.807, 2.05) is 31.2 Å². The molecule has 3 rings (SSSR count). The summed E-state index contributed by atoms with van der Waals surface area (Å²) in [6.45, 7) is 1.91. The number of hydrogen-bond donors (Lipinski definition) is 2. The lowest BCUT2D eigenvalue weighted by Crippen LogP contribution is -2.15. The Morgan fingerprint density at radius 2 is 2.20 bits per heavy atom. The molecule has 1 atom stereocenters. The fourth-order valence-electron chi connectivity index (χ4n) is 2.52. The number of nitrogens with zero attached hydrogens (tertiary/aromatic N) is 1. The SMILES string of the molecule is Cc1ccccc1-c1c(O)nc(C2CCCS2)[nH]c1=O. The zero-order valence-corrected chi connectivity index (χ0v) is 12.0. The second kappa shape index (κ2) is 5.32. The highest BCUT2D eigenvalue weighted by Gasteiger charge is 2.23. The molecule has 1 aromatic heterocycles. The molecule has 0 saturated carbocycles. The normalized spacial score (nSPS) is 18.4. The Morgan fingerprint density at radius 3 is 2.85 bits per heavy atom. The van der Waals surface area contributed by atoms with E-state index in [1.54, 1.807) is 11.8 Å². The van der Waals surface area contributed by atoms with Gasteiger partial charge < -0.3 is 10.1 Å². The summed E-state index contributed by atoms with van der Waals surface area (Å²) in [7, 11) is 0. The molecule has 0 aliphatic carbocycles. The molecule has 1 unspecified atom stereocenters. The van der Waals surface area contributed by atoms with Crippen LogP contribution in [0, 0.1) is 6.92 Å². The Bertz CT molecular complexity index is 691. The van der Waals surface area contributed by atoms with Crippen molar-refractivity contribution in [2.75, 3.05) is 5.75 Å². The van der Waals surface area contributed by atoms with Crippen LogP contribution >= 0.6 is 11.8 Å². The fourth-order valence-corrected chi connectivity index (χ4v) is 3.74. The minimum Gasteiger partial charge on any atom is -0.493 e. The number of aromatic nitrogens is 2. The molecule has 1 fully saturated rings. The molecule has 1 aliphatic heterocycles. The molecule has 1 saturated heterocycles. The lowest BCUT2D eigenvalue weighted by atomic mass is 10.0. The average molecular weight is 288 g/mol. The van der Waals surface area contributed by atoms with Gasteiger partial charge in [-0.1, -0.05) is 24.3 Å². The summed E-state index contributed by atoms with van der Waals surface area (Å²) in [4.78, 5) is 19.4. The molecule has 0 amide bonds.